The summed E-state index contributed by atoms with van der Waals surface area (Å²) in [7, 11) is 0. The SMILES string of the molecule is CCCN(CCC(=O)O)C(=O)c1ccccc1. The van der Waals surface area contributed by atoms with Crippen molar-refractivity contribution in [2.24, 2.45) is 0 Å². The third-order valence-electron chi connectivity index (χ3n) is 2.40. The van der Waals surface area contributed by atoms with Gasteiger partial charge in [0.2, 0.25) is 0 Å². The molecule has 1 aromatic rings. The first-order valence-corrected chi connectivity index (χ1v) is 5.71. The number of rotatable bonds is 6. The normalized spacial score (nSPS) is 9.94. The van der Waals surface area contributed by atoms with E-state index in [-0.39, 0.29) is 18.9 Å². The van der Waals surface area contributed by atoms with Crippen LogP contribution in [0.25, 0.3) is 0 Å². The highest BCUT2D eigenvalue weighted by Gasteiger charge is 2.15. The second-order valence-electron chi connectivity index (χ2n) is 3.80. The summed E-state index contributed by atoms with van der Waals surface area (Å²) < 4.78 is 0. The molecular weight excluding hydrogens is 218 g/mol. The summed E-state index contributed by atoms with van der Waals surface area (Å²) in [5.74, 6) is -0.985. The number of benzene rings is 1. The van der Waals surface area contributed by atoms with Crippen molar-refractivity contribution in [2.75, 3.05) is 13.1 Å². The fourth-order valence-electron chi connectivity index (χ4n) is 1.58. The highest BCUT2D eigenvalue weighted by atomic mass is 16.4. The van der Waals surface area contributed by atoms with Gasteiger partial charge in [-0.05, 0) is 18.6 Å². The zero-order valence-corrected chi connectivity index (χ0v) is 9.93. The van der Waals surface area contributed by atoms with Crippen molar-refractivity contribution in [3.8, 4) is 0 Å². The molecule has 1 N–H and O–H groups in total. The Bertz CT molecular complexity index is 376. The molecule has 0 aliphatic rings. The van der Waals surface area contributed by atoms with Gasteiger partial charge in [-0.1, -0.05) is 25.1 Å². The maximum absolute atomic E-state index is 12.1. The summed E-state index contributed by atoms with van der Waals surface area (Å²) in [6, 6.07) is 8.93. The Labute approximate surface area is 101 Å². The van der Waals surface area contributed by atoms with Gasteiger partial charge in [-0.2, -0.15) is 0 Å². The quantitative estimate of drug-likeness (QED) is 0.820. The van der Waals surface area contributed by atoms with Crippen LogP contribution >= 0.6 is 0 Å². The van der Waals surface area contributed by atoms with Gasteiger partial charge in [0.15, 0.2) is 0 Å². The molecule has 1 amide bonds. The summed E-state index contributed by atoms with van der Waals surface area (Å²) in [5.41, 5.74) is 0.603. The van der Waals surface area contributed by atoms with Gasteiger partial charge in [0.05, 0.1) is 6.42 Å². The Morgan fingerprint density at radius 1 is 1.18 bits per heavy atom. The van der Waals surface area contributed by atoms with E-state index in [9.17, 15) is 9.59 Å². The first kappa shape index (κ1) is 13.2. The average molecular weight is 235 g/mol. The number of amides is 1. The van der Waals surface area contributed by atoms with Gasteiger partial charge in [-0.15, -0.1) is 0 Å². The van der Waals surface area contributed by atoms with Crippen molar-refractivity contribution < 1.29 is 14.7 Å². The van der Waals surface area contributed by atoms with Crippen molar-refractivity contribution in [1.82, 2.24) is 4.90 Å². The predicted molar refractivity (Wildman–Crippen MR) is 64.9 cm³/mol. The van der Waals surface area contributed by atoms with E-state index in [1.54, 1.807) is 29.2 Å². The highest BCUT2D eigenvalue weighted by molar-refractivity contribution is 5.94. The number of carboxylic acid groups (broad SMARTS) is 1. The molecule has 0 fully saturated rings. The zero-order valence-electron chi connectivity index (χ0n) is 9.93. The second-order valence-corrected chi connectivity index (χ2v) is 3.80. The van der Waals surface area contributed by atoms with Crippen molar-refractivity contribution in [3.63, 3.8) is 0 Å². The van der Waals surface area contributed by atoms with Crippen LogP contribution in [-0.4, -0.2) is 35.0 Å². The average Bonchev–Trinajstić information content (AvgIpc) is 2.34. The van der Waals surface area contributed by atoms with Crippen LogP contribution in [0.1, 0.15) is 30.1 Å². The third kappa shape index (κ3) is 4.26. The van der Waals surface area contributed by atoms with Crippen molar-refractivity contribution in [3.05, 3.63) is 35.9 Å². The Hall–Kier alpha value is -1.84. The van der Waals surface area contributed by atoms with Crippen molar-refractivity contribution in [2.45, 2.75) is 19.8 Å². The Kier molecular flexibility index (Phi) is 5.20. The van der Waals surface area contributed by atoms with Crippen LogP contribution in [0.5, 0.6) is 0 Å². The molecular formula is C13H17NO3. The largest absolute Gasteiger partial charge is 0.481 e. The smallest absolute Gasteiger partial charge is 0.305 e. The summed E-state index contributed by atoms with van der Waals surface area (Å²) in [6.45, 7) is 2.81. The summed E-state index contributed by atoms with van der Waals surface area (Å²) in [6.07, 6.45) is 0.802. The molecule has 0 bridgehead atoms. The van der Waals surface area contributed by atoms with Crippen LogP contribution in [0.4, 0.5) is 0 Å². The van der Waals surface area contributed by atoms with E-state index in [0.717, 1.165) is 6.42 Å². The van der Waals surface area contributed by atoms with Gasteiger partial charge in [0.25, 0.3) is 5.91 Å². The summed E-state index contributed by atoms with van der Waals surface area (Å²) in [5, 5.41) is 8.64. The number of carbonyl (C=O) groups excluding carboxylic acids is 1. The molecule has 0 saturated heterocycles. The van der Waals surface area contributed by atoms with E-state index >= 15 is 0 Å². The van der Waals surface area contributed by atoms with Crippen LogP contribution in [0.3, 0.4) is 0 Å². The molecule has 0 radical (unpaired) electrons. The molecule has 0 saturated carbocycles. The number of carboxylic acids is 1. The van der Waals surface area contributed by atoms with Gasteiger partial charge in [-0.25, -0.2) is 0 Å². The zero-order chi connectivity index (χ0) is 12.7. The topological polar surface area (TPSA) is 57.6 Å². The van der Waals surface area contributed by atoms with Crippen LogP contribution in [0.15, 0.2) is 30.3 Å². The molecule has 92 valence electrons. The van der Waals surface area contributed by atoms with Crippen molar-refractivity contribution >= 4 is 11.9 Å². The fraction of sp³-hybridized carbons (Fsp3) is 0.385. The van der Waals surface area contributed by atoms with E-state index < -0.39 is 5.97 Å². The van der Waals surface area contributed by atoms with Crippen molar-refractivity contribution in [1.29, 1.82) is 0 Å². The summed E-state index contributed by atoms with van der Waals surface area (Å²) >= 11 is 0. The van der Waals surface area contributed by atoms with Gasteiger partial charge in [0, 0.05) is 18.7 Å². The highest BCUT2D eigenvalue weighted by Crippen LogP contribution is 2.06. The molecule has 1 aromatic carbocycles. The van der Waals surface area contributed by atoms with Crippen LogP contribution in [-0.2, 0) is 4.79 Å². The minimum Gasteiger partial charge on any atom is -0.481 e. The van der Waals surface area contributed by atoms with E-state index in [1.807, 2.05) is 13.0 Å². The lowest BCUT2D eigenvalue weighted by Gasteiger charge is -2.21. The minimum atomic E-state index is -0.882. The minimum absolute atomic E-state index is 0.0153. The van der Waals surface area contributed by atoms with Crippen LogP contribution in [0, 0.1) is 0 Å². The predicted octanol–water partition coefficient (Wildman–Crippen LogP) is 2.01. The Balaban J connectivity index is 2.69. The van der Waals surface area contributed by atoms with Crippen LogP contribution in [0.2, 0.25) is 0 Å². The molecule has 1 rings (SSSR count). The lowest BCUT2D eigenvalue weighted by molar-refractivity contribution is -0.137. The van der Waals surface area contributed by atoms with Gasteiger partial charge >= 0.3 is 5.97 Å². The Morgan fingerprint density at radius 3 is 2.35 bits per heavy atom. The third-order valence-corrected chi connectivity index (χ3v) is 2.40. The number of hydrogen-bond acceptors (Lipinski definition) is 2. The summed E-state index contributed by atoms with van der Waals surface area (Å²) in [4.78, 5) is 24.2. The first-order valence-electron chi connectivity index (χ1n) is 5.71. The first-order chi connectivity index (χ1) is 8.15. The van der Waals surface area contributed by atoms with Crippen LogP contribution < -0.4 is 0 Å². The van der Waals surface area contributed by atoms with Gasteiger partial charge in [0.1, 0.15) is 0 Å². The number of aliphatic carboxylic acids is 1. The molecule has 17 heavy (non-hydrogen) atoms. The van der Waals surface area contributed by atoms with E-state index in [0.29, 0.717) is 12.1 Å². The molecule has 0 spiro atoms. The lowest BCUT2D eigenvalue weighted by Crippen LogP contribution is -2.33. The van der Waals surface area contributed by atoms with Gasteiger partial charge in [-0.3, -0.25) is 9.59 Å². The second kappa shape index (κ2) is 6.68. The number of hydrogen-bond donors (Lipinski definition) is 1. The molecule has 0 heterocycles. The van der Waals surface area contributed by atoms with E-state index in [2.05, 4.69) is 0 Å². The Morgan fingerprint density at radius 2 is 1.82 bits per heavy atom. The molecule has 0 aliphatic carbocycles. The maximum Gasteiger partial charge on any atom is 0.305 e. The van der Waals surface area contributed by atoms with E-state index in [4.69, 9.17) is 5.11 Å². The fourth-order valence-corrected chi connectivity index (χ4v) is 1.58. The lowest BCUT2D eigenvalue weighted by atomic mass is 10.2. The monoisotopic (exact) mass is 235 g/mol. The van der Waals surface area contributed by atoms with E-state index in [1.165, 1.54) is 0 Å². The maximum atomic E-state index is 12.1. The number of nitrogens with zero attached hydrogens (tertiary/aromatic N) is 1. The molecule has 0 aliphatic heterocycles. The number of carbonyl (C=O) groups is 2. The molecule has 4 heteroatoms. The molecule has 0 aromatic heterocycles. The molecule has 4 nitrogen and oxygen atoms in total. The molecule has 0 atom stereocenters. The van der Waals surface area contributed by atoms with Gasteiger partial charge < -0.3 is 10.0 Å². The molecule has 0 unspecified atom stereocenters. The standard InChI is InChI=1S/C13H17NO3/c1-2-9-14(10-8-12(15)16)13(17)11-6-4-3-5-7-11/h3-7H,2,8-10H2,1H3,(H,15,16).